The first kappa shape index (κ1) is 11.5. The molecule has 0 aromatic carbocycles. The van der Waals surface area contributed by atoms with Crippen molar-refractivity contribution in [3.05, 3.63) is 24.3 Å². The molecule has 0 unspecified atom stereocenters. The molecule has 0 amide bonds. The van der Waals surface area contributed by atoms with Gasteiger partial charge in [-0.15, -0.1) is 0 Å². The number of hydrogen-bond acceptors (Lipinski definition) is 5. The summed E-state index contributed by atoms with van der Waals surface area (Å²) >= 11 is 0. The zero-order valence-electron chi connectivity index (χ0n) is 9.09. The molecular formula is C10H14N2O3S. The summed E-state index contributed by atoms with van der Waals surface area (Å²) in [7, 11) is -3.25. The van der Waals surface area contributed by atoms with Gasteiger partial charge in [-0.3, -0.25) is 0 Å². The molecule has 2 rings (SSSR count). The van der Waals surface area contributed by atoms with Crippen molar-refractivity contribution in [3.63, 3.8) is 0 Å². The second-order valence-corrected chi connectivity index (χ2v) is 6.28. The van der Waals surface area contributed by atoms with Gasteiger partial charge in [0.25, 0.3) is 0 Å². The van der Waals surface area contributed by atoms with Gasteiger partial charge in [-0.25, -0.2) is 18.4 Å². The van der Waals surface area contributed by atoms with Crippen LogP contribution in [0.1, 0.15) is 18.7 Å². The van der Waals surface area contributed by atoms with E-state index in [4.69, 9.17) is 4.74 Å². The van der Waals surface area contributed by atoms with E-state index in [0.717, 1.165) is 0 Å². The molecule has 0 atom stereocenters. The van der Waals surface area contributed by atoms with E-state index in [0.29, 0.717) is 31.9 Å². The van der Waals surface area contributed by atoms with Gasteiger partial charge in [0.15, 0.2) is 9.84 Å². The summed E-state index contributed by atoms with van der Waals surface area (Å²) in [5.41, 5.74) is 0. The number of hydrogen-bond donors (Lipinski definition) is 0. The maximum absolute atomic E-state index is 12.0. The zero-order chi connectivity index (χ0) is 11.6. The van der Waals surface area contributed by atoms with Crippen LogP contribution in [0.4, 0.5) is 0 Å². The minimum absolute atomic E-state index is 0.390. The fourth-order valence-electron chi connectivity index (χ4n) is 2.00. The lowest BCUT2D eigenvalue weighted by Gasteiger charge is -2.33. The molecule has 1 saturated heterocycles. The predicted octanol–water partition coefficient (Wildman–Crippen LogP) is 0.527. The Hall–Kier alpha value is -1.01. The highest BCUT2D eigenvalue weighted by atomic mass is 32.2. The van der Waals surface area contributed by atoms with Crippen LogP contribution in [0.3, 0.4) is 0 Å². The number of sulfone groups is 1. The highest BCUT2D eigenvalue weighted by Crippen LogP contribution is 2.37. The third kappa shape index (κ3) is 1.82. The van der Waals surface area contributed by atoms with E-state index >= 15 is 0 Å². The summed E-state index contributed by atoms with van der Waals surface area (Å²) in [5.74, 6) is 0.390. The van der Waals surface area contributed by atoms with Crippen LogP contribution in [-0.4, -0.2) is 37.9 Å². The quantitative estimate of drug-likeness (QED) is 0.756. The van der Waals surface area contributed by atoms with Crippen molar-refractivity contribution in [1.82, 2.24) is 9.97 Å². The monoisotopic (exact) mass is 242 g/mol. The molecule has 2 heterocycles. The van der Waals surface area contributed by atoms with Crippen LogP contribution in [0.2, 0.25) is 0 Å². The van der Waals surface area contributed by atoms with Crippen LogP contribution in [0.5, 0.6) is 0 Å². The van der Waals surface area contributed by atoms with Crippen LogP contribution in [-0.2, 0) is 19.3 Å². The highest BCUT2D eigenvalue weighted by Gasteiger charge is 2.46. The van der Waals surface area contributed by atoms with Crippen molar-refractivity contribution in [3.8, 4) is 0 Å². The molecular weight excluding hydrogens is 228 g/mol. The second kappa shape index (κ2) is 4.10. The lowest BCUT2D eigenvalue weighted by atomic mass is 9.98. The largest absolute Gasteiger partial charge is 0.381 e. The van der Waals surface area contributed by atoms with Crippen molar-refractivity contribution in [2.24, 2.45) is 0 Å². The van der Waals surface area contributed by atoms with Crippen LogP contribution in [0.15, 0.2) is 18.5 Å². The molecule has 0 spiro atoms. The van der Waals surface area contributed by atoms with Crippen molar-refractivity contribution in [2.75, 3.05) is 19.5 Å². The molecule has 0 N–H and O–H groups in total. The topological polar surface area (TPSA) is 69.2 Å². The van der Waals surface area contributed by atoms with E-state index in [2.05, 4.69) is 9.97 Å². The minimum Gasteiger partial charge on any atom is -0.381 e. The van der Waals surface area contributed by atoms with Gasteiger partial charge >= 0.3 is 0 Å². The van der Waals surface area contributed by atoms with Gasteiger partial charge in [-0.05, 0) is 18.9 Å². The normalized spacial score (nSPS) is 20.6. The Kier molecular flexibility index (Phi) is 2.94. The molecule has 5 nitrogen and oxygen atoms in total. The molecule has 6 heteroatoms. The van der Waals surface area contributed by atoms with Crippen LogP contribution in [0.25, 0.3) is 0 Å². The van der Waals surface area contributed by atoms with Crippen LogP contribution < -0.4 is 0 Å². The van der Waals surface area contributed by atoms with E-state index in [1.807, 2.05) is 0 Å². The lowest BCUT2D eigenvalue weighted by molar-refractivity contribution is 0.0720. The maximum Gasteiger partial charge on any atom is 0.160 e. The molecule has 0 aliphatic carbocycles. The third-order valence-corrected chi connectivity index (χ3v) is 4.99. The number of rotatable bonds is 2. The van der Waals surface area contributed by atoms with Gasteiger partial charge in [-0.1, -0.05) is 0 Å². The fourth-order valence-corrected chi connectivity index (χ4v) is 3.34. The Labute approximate surface area is 94.8 Å². The van der Waals surface area contributed by atoms with E-state index in [1.54, 1.807) is 18.5 Å². The first-order chi connectivity index (χ1) is 7.56. The number of nitrogens with zero attached hydrogens (tertiary/aromatic N) is 2. The molecule has 16 heavy (non-hydrogen) atoms. The maximum atomic E-state index is 12.0. The SMILES string of the molecule is CS(=O)(=O)C1(c2ncccn2)CCOCC1. The molecule has 0 radical (unpaired) electrons. The van der Waals surface area contributed by atoms with Gasteiger partial charge in [0.2, 0.25) is 0 Å². The summed E-state index contributed by atoms with van der Waals surface area (Å²) in [5, 5.41) is 0. The molecule has 1 aromatic rings. The van der Waals surface area contributed by atoms with Crippen molar-refractivity contribution >= 4 is 9.84 Å². The third-order valence-electron chi connectivity index (χ3n) is 2.98. The van der Waals surface area contributed by atoms with Crippen molar-refractivity contribution < 1.29 is 13.2 Å². The predicted molar refractivity (Wildman–Crippen MR) is 58.6 cm³/mol. The van der Waals surface area contributed by atoms with E-state index in [-0.39, 0.29) is 0 Å². The number of aromatic nitrogens is 2. The molecule has 1 aliphatic heterocycles. The first-order valence-electron chi connectivity index (χ1n) is 5.11. The van der Waals surface area contributed by atoms with Crippen LogP contribution >= 0.6 is 0 Å². The standard InChI is InChI=1S/C10H14N2O3S/c1-16(13,14)10(3-7-15-8-4-10)9-11-5-2-6-12-9/h2,5-6H,3-4,7-8H2,1H3. The fraction of sp³-hybridized carbons (Fsp3) is 0.600. The smallest absolute Gasteiger partial charge is 0.160 e. The van der Waals surface area contributed by atoms with Gasteiger partial charge in [0, 0.05) is 31.9 Å². The summed E-state index contributed by atoms with van der Waals surface area (Å²) in [6, 6.07) is 1.68. The average Bonchev–Trinajstić information content (AvgIpc) is 2.30. The van der Waals surface area contributed by atoms with E-state index in [9.17, 15) is 8.42 Å². The van der Waals surface area contributed by atoms with Gasteiger partial charge in [0.1, 0.15) is 10.6 Å². The molecule has 1 aliphatic rings. The Morgan fingerprint density at radius 1 is 1.25 bits per heavy atom. The summed E-state index contributed by atoms with van der Waals surface area (Å²) in [6.45, 7) is 0.872. The molecule has 1 fully saturated rings. The first-order valence-corrected chi connectivity index (χ1v) is 7.00. The highest BCUT2D eigenvalue weighted by molar-refractivity contribution is 7.91. The lowest BCUT2D eigenvalue weighted by Crippen LogP contribution is -2.42. The summed E-state index contributed by atoms with van der Waals surface area (Å²) in [4.78, 5) is 8.19. The molecule has 1 aromatic heterocycles. The Bertz CT molecular complexity index is 452. The molecule has 88 valence electrons. The Morgan fingerprint density at radius 2 is 1.81 bits per heavy atom. The summed E-state index contributed by atoms with van der Waals surface area (Å²) in [6.07, 6.45) is 5.25. The summed E-state index contributed by atoms with van der Waals surface area (Å²) < 4.78 is 28.2. The van der Waals surface area contributed by atoms with E-state index in [1.165, 1.54) is 6.26 Å². The average molecular weight is 242 g/mol. The van der Waals surface area contributed by atoms with Crippen molar-refractivity contribution in [1.29, 1.82) is 0 Å². The Balaban J connectivity index is 2.51. The molecule has 0 bridgehead atoms. The van der Waals surface area contributed by atoms with Gasteiger partial charge in [0.05, 0.1) is 0 Å². The number of ether oxygens (including phenoxy) is 1. The van der Waals surface area contributed by atoms with Crippen LogP contribution in [0, 0.1) is 0 Å². The molecule has 0 saturated carbocycles. The van der Waals surface area contributed by atoms with Gasteiger partial charge < -0.3 is 4.74 Å². The zero-order valence-corrected chi connectivity index (χ0v) is 9.90. The van der Waals surface area contributed by atoms with E-state index < -0.39 is 14.6 Å². The second-order valence-electron chi connectivity index (χ2n) is 3.95. The minimum atomic E-state index is -3.25. The van der Waals surface area contributed by atoms with Gasteiger partial charge in [-0.2, -0.15) is 0 Å². The Morgan fingerprint density at radius 3 is 2.31 bits per heavy atom. The van der Waals surface area contributed by atoms with Crippen molar-refractivity contribution in [2.45, 2.75) is 17.6 Å².